The maximum atomic E-state index is 13.4. The minimum Gasteiger partial charge on any atom is -0.478 e. The summed E-state index contributed by atoms with van der Waals surface area (Å²) in [7, 11) is 2.03. The Balaban J connectivity index is 2.12. The summed E-state index contributed by atoms with van der Waals surface area (Å²) < 4.78 is 18.7. The normalized spacial score (nSPS) is 16.7. The van der Waals surface area contributed by atoms with Gasteiger partial charge in [0.05, 0.1) is 0 Å². The summed E-state index contributed by atoms with van der Waals surface area (Å²) in [5.74, 6) is -1.40. The molecule has 1 aromatic rings. The van der Waals surface area contributed by atoms with Gasteiger partial charge in [-0.3, -0.25) is 4.90 Å². The minimum absolute atomic E-state index is 0.363. The third-order valence-corrected chi connectivity index (χ3v) is 3.75. The minimum atomic E-state index is -1.04. The standard InChI is InChI=1S/C16H20FNO3/c1-18(15-6-8-21-9-7-15)11-13-2-4-14(17)10-12(13)3-5-16(19)20/h2-5,10,15H,6-9,11H2,1H3,(H,19,20). The fourth-order valence-electron chi connectivity index (χ4n) is 2.55. The van der Waals surface area contributed by atoms with Crippen LogP contribution in [0.4, 0.5) is 4.39 Å². The first-order valence-electron chi connectivity index (χ1n) is 7.03. The van der Waals surface area contributed by atoms with Crippen LogP contribution in [-0.2, 0) is 16.1 Å². The molecule has 0 unspecified atom stereocenters. The van der Waals surface area contributed by atoms with Gasteiger partial charge in [-0.05, 0) is 49.2 Å². The van der Waals surface area contributed by atoms with Crippen molar-refractivity contribution < 1.29 is 19.0 Å². The number of nitrogens with zero attached hydrogens (tertiary/aromatic N) is 1. The molecule has 21 heavy (non-hydrogen) atoms. The van der Waals surface area contributed by atoms with Crippen molar-refractivity contribution in [3.8, 4) is 0 Å². The summed E-state index contributed by atoms with van der Waals surface area (Å²) in [6.45, 7) is 2.19. The topological polar surface area (TPSA) is 49.8 Å². The van der Waals surface area contributed by atoms with Crippen LogP contribution in [0.1, 0.15) is 24.0 Å². The van der Waals surface area contributed by atoms with Crippen molar-refractivity contribution in [2.75, 3.05) is 20.3 Å². The van der Waals surface area contributed by atoms with Crippen molar-refractivity contribution in [3.05, 3.63) is 41.2 Å². The Labute approximate surface area is 123 Å². The second kappa shape index (κ2) is 7.33. The van der Waals surface area contributed by atoms with E-state index in [0.717, 1.165) is 37.7 Å². The van der Waals surface area contributed by atoms with E-state index in [4.69, 9.17) is 9.84 Å². The number of ether oxygens (including phenoxy) is 1. The van der Waals surface area contributed by atoms with E-state index in [2.05, 4.69) is 4.90 Å². The lowest BCUT2D eigenvalue weighted by molar-refractivity contribution is -0.131. The maximum absolute atomic E-state index is 13.4. The lowest BCUT2D eigenvalue weighted by Crippen LogP contribution is -2.36. The smallest absolute Gasteiger partial charge is 0.328 e. The molecular formula is C16H20FNO3. The predicted molar refractivity (Wildman–Crippen MR) is 78.4 cm³/mol. The van der Waals surface area contributed by atoms with Crippen LogP contribution < -0.4 is 0 Å². The van der Waals surface area contributed by atoms with Crippen LogP contribution >= 0.6 is 0 Å². The molecule has 114 valence electrons. The SMILES string of the molecule is CN(Cc1ccc(F)cc1C=CC(=O)O)C1CCOCC1. The van der Waals surface area contributed by atoms with Crippen molar-refractivity contribution in [3.63, 3.8) is 0 Å². The average Bonchev–Trinajstić information content (AvgIpc) is 2.48. The van der Waals surface area contributed by atoms with Crippen LogP contribution in [0.2, 0.25) is 0 Å². The third-order valence-electron chi connectivity index (χ3n) is 3.75. The van der Waals surface area contributed by atoms with Gasteiger partial charge in [0.25, 0.3) is 0 Å². The van der Waals surface area contributed by atoms with Crippen molar-refractivity contribution in [2.24, 2.45) is 0 Å². The molecule has 4 nitrogen and oxygen atoms in total. The van der Waals surface area contributed by atoms with Crippen molar-refractivity contribution in [2.45, 2.75) is 25.4 Å². The molecule has 1 fully saturated rings. The molecule has 1 aromatic carbocycles. The van der Waals surface area contributed by atoms with Gasteiger partial charge in [-0.25, -0.2) is 9.18 Å². The summed E-state index contributed by atoms with van der Waals surface area (Å²) in [6.07, 6.45) is 4.45. The zero-order chi connectivity index (χ0) is 15.2. The van der Waals surface area contributed by atoms with Crippen LogP contribution in [0.25, 0.3) is 6.08 Å². The van der Waals surface area contributed by atoms with E-state index in [1.807, 2.05) is 7.05 Å². The summed E-state index contributed by atoms with van der Waals surface area (Å²) in [6, 6.07) is 4.94. The van der Waals surface area contributed by atoms with Gasteiger partial charge in [0.2, 0.25) is 0 Å². The summed E-state index contributed by atoms with van der Waals surface area (Å²) in [5.41, 5.74) is 1.53. The molecule has 0 aromatic heterocycles. The molecule has 1 N–H and O–H groups in total. The van der Waals surface area contributed by atoms with Gasteiger partial charge in [-0.1, -0.05) is 6.07 Å². The Morgan fingerprint density at radius 3 is 2.86 bits per heavy atom. The predicted octanol–water partition coefficient (Wildman–Crippen LogP) is 2.53. The second-order valence-electron chi connectivity index (χ2n) is 5.27. The number of hydrogen-bond acceptors (Lipinski definition) is 3. The van der Waals surface area contributed by atoms with E-state index in [0.29, 0.717) is 18.2 Å². The molecule has 0 aliphatic carbocycles. The zero-order valence-corrected chi connectivity index (χ0v) is 12.1. The Hall–Kier alpha value is -1.72. The van der Waals surface area contributed by atoms with E-state index in [-0.39, 0.29) is 5.82 Å². The quantitative estimate of drug-likeness (QED) is 0.848. The average molecular weight is 293 g/mol. The van der Waals surface area contributed by atoms with Gasteiger partial charge in [0.1, 0.15) is 5.82 Å². The number of benzene rings is 1. The van der Waals surface area contributed by atoms with Crippen LogP contribution in [0, 0.1) is 5.82 Å². The number of rotatable bonds is 5. The molecule has 0 saturated carbocycles. The monoisotopic (exact) mass is 293 g/mol. The molecule has 1 aliphatic heterocycles. The molecule has 0 amide bonds. The molecule has 0 bridgehead atoms. The lowest BCUT2D eigenvalue weighted by atomic mass is 10.0. The van der Waals surface area contributed by atoms with E-state index >= 15 is 0 Å². The van der Waals surface area contributed by atoms with Crippen molar-refractivity contribution in [1.29, 1.82) is 0 Å². The van der Waals surface area contributed by atoms with Gasteiger partial charge >= 0.3 is 5.97 Å². The summed E-state index contributed by atoms with van der Waals surface area (Å²) >= 11 is 0. The van der Waals surface area contributed by atoms with Crippen molar-refractivity contribution >= 4 is 12.0 Å². The Kier molecular flexibility index (Phi) is 5.47. The first-order chi connectivity index (χ1) is 10.1. The highest BCUT2D eigenvalue weighted by Crippen LogP contribution is 2.19. The highest BCUT2D eigenvalue weighted by atomic mass is 19.1. The molecule has 1 aliphatic rings. The largest absolute Gasteiger partial charge is 0.478 e. The third kappa shape index (κ3) is 4.65. The second-order valence-corrected chi connectivity index (χ2v) is 5.27. The first kappa shape index (κ1) is 15.7. The molecule has 0 radical (unpaired) electrons. The van der Waals surface area contributed by atoms with E-state index in [1.54, 1.807) is 6.07 Å². The Morgan fingerprint density at radius 2 is 2.19 bits per heavy atom. The Morgan fingerprint density at radius 1 is 1.48 bits per heavy atom. The summed E-state index contributed by atoms with van der Waals surface area (Å²) in [4.78, 5) is 12.8. The highest BCUT2D eigenvalue weighted by Gasteiger charge is 2.19. The van der Waals surface area contributed by atoms with Gasteiger partial charge in [0.15, 0.2) is 0 Å². The molecule has 2 rings (SSSR count). The van der Waals surface area contributed by atoms with E-state index in [1.165, 1.54) is 18.2 Å². The zero-order valence-electron chi connectivity index (χ0n) is 12.1. The lowest BCUT2D eigenvalue weighted by Gasteiger charge is -2.31. The molecular weight excluding hydrogens is 273 g/mol. The van der Waals surface area contributed by atoms with Crippen LogP contribution in [0.3, 0.4) is 0 Å². The number of carbonyl (C=O) groups is 1. The van der Waals surface area contributed by atoms with Crippen LogP contribution in [-0.4, -0.2) is 42.3 Å². The van der Waals surface area contributed by atoms with Crippen LogP contribution in [0.5, 0.6) is 0 Å². The van der Waals surface area contributed by atoms with Crippen molar-refractivity contribution in [1.82, 2.24) is 4.90 Å². The molecule has 1 heterocycles. The number of carboxylic acids is 1. The van der Waals surface area contributed by atoms with Gasteiger partial charge in [0, 0.05) is 31.9 Å². The molecule has 0 atom stereocenters. The van der Waals surface area contributed by atoms with Crippen LogP contribution in [0.15, 0.2) is 24.3 Å². The maximum Gasteiger partial charge on any atom is 0.328 e. The number of carboxylic acid groups (broad SMARTS) is 1. The fraction of sp³-hybridized carbons (Fsp3) is 0.438. The fourth-order valence-corrected chi connectivity index (χ4v) is 2.55. The van der Waals surface area contributed by atoms with E-state index in [9.17, 15) is 9.18 Å². The molecule has 5 heteroatoms. The number of aliphatic carboxylic acids is 1. The van der Waals surface area contributed by atoms with Gasteiger partial charge < -0.3 is 9.84 Å². The van der Waals surface area contributed by atoms with Gasteiger partial charge in [-0.2, -0.15) is 0 Å². The number of hydrogen-bond donors (Lipinski definition) is 1. The Bertz CT molecular complexity index is 524. The first-order valence-corrected chi connectivity index (χ1v) is 7.03. The van der Waals surface area contributed by atoms with Gasteiger partial charge in [-0.15, -0.1) is 0 Å². The van der Waals surface area contributed by atoms with E-state index < -0.39 is 5.97 Å². The molecule has 0 spiro atoms. The highest BCUT2D eigenvalue weighted by molar-refractivity contribution is 5.85. The molecule has 1 saturated heterocycles. The summed E-state index contributed by atoms with van der Waals surface area (Å²) in [5, 5.41) is 8.72. The number of halogens is 1.